The van der Waals surface area contributed by atoms with Crippen LogP contribution in [0.25, 0.3) is 5.69 Å². The van der Waals surface area contributed by atoms with Crippen LogP contribution < -0.4 is 10.6 Å². The molecule has 2 N–H and O–H groups in total. The predicted octanol–water partition coefficient (Wildman–Crippen LogP) is 5.48. The zero-order valence-corrected chi connectivity index (χ0v) is 21.8. The monoisotopic (exact) mass is 486 g/mol. The van der Waals surface area contributed by atoms with Crippen LogP contribution in [-0.2, 0) is 10.2 Å². The Labute approximate surface area is 212 Å². The van der Waals surface area contributed by atoms with E-state index in [1.54, 1.807) is 28.9 Å². The molecule has 8 nitrogen and oxygen atoms in total. The molecular formula is C28H34N6O2. The fourth-order valence-corrected chi connectivity index (χ4v) is 3.68. The molecule has 0 radical (unpaired) electrons. The lowest BCUT2D eigenvalue weighted by Gasteiger charge is -2.24. The summed E-state index contributed by atoms with van der Waals surface area (Å²) in [7, 11) is 0. The standard InChI is InChI=1S/C28H34N6O2/c1-19(2)17-33(27(36)30-22-11-8-10-21(14-22)16-29)18-26(35)31-25-15-24(28(4,5)6)32-34(25)23-12-7-9-20(3)13-23/h7-15,19H,17-18H2,1-6H3,(H,30,36)(H,31,35). The van der Waals surface area contributed by atoms with Gasteiger partial charge in [0.25, 0.3) is 0 Å². The van der Waals surface area contributed by atoms with Crippen LogP contribution in [0.2, 0.25) is 0 Å². The van der Waals surface area contributed by atoms with Gasteiger partial charge in [0.1, 0.15) is 12.4 Å². The van der Waals surface area contributed by atoms with Crippen molar-refractivity contribution in [3.63, 3.8) is 0 Å². The Balaban J connectivity index is 1.82. The van der Waals surface area contributed by atoms with Gasteiger partial charge in [-0.1, -0.05) is 52.8 Å². The summed E-state index contributed by atoms with van der Waals surface area (Å²) >= 11 is 0. The molecule has 0 bridgehead atoms. The van der Waals surface area contributed by atoms with Crippen molar-refractivity contribution < 1.29 is 9.59 Å². The molecule has 36 heavy (non-hydrogen) atoms. The van der Waals surface area contributed by atoms with Crippen molar-refractivity contribution in [3.8, 4) is 11.8 Å². The molecule has 8 heteroatoms. The number of anilines is 2. The lowest BCUT2D eigenvalue weighted by molar-refractivity contribution is -0.116. The summed E-state index contributed by atoms with van der Waals surface area (Å²) in [6, 6.07) is 18.1. The third-order valence-corrected chi connectivity index (χ3v) is 5.44. The maximum Gasteiger partial charge on any atom is 0.322 e. The van der Waals surface area contributed by atoms with Gasteiger partial charge in [0.2, 0.25) is 5.91 Å². The minimum atomic E-state index is -0.406. The molecule has 1 heterocycles. The first-order valence-electron chi connectivity index (χ1n) is 12.0. The van der Waals surface area contributed by atoms with Crippen molar-refractivity contribution >= 4 is 23.4 Å². The van der Waals surface area contributed by atoms with E-state index in [4.69, 9.17) is 10.4 Å². The highest BCUT2D eigenvalue weighted by atomic mass is 16.2. The highest BCUT2D eigenvalue weighted by molar-refractivity contribution is 5.96. The van der Waals surface area contributed by atoms with Crippen LogP contribution in [0.15, 0.2) is 54.6 Å². The van der Waals surface area contributed by atoms with Gasteiger partial charge in [-0.3, -0.25) is 4.79 Å². The van der Waals surface area contributed by atoms with Gasteiger partial charge in [-0.05, 0) is 48.7 Å². The average molecular weight is 487 g/mol. The Bertz CT molecular complexity index is 1280. The number of nitriles is 1. The third kappa shape index (κ3) is 6.95. The van der Waals surface area contributed by atoms with Crippen molar-refractivity contribution in [3.05, 3.63) is 71.4 Å². The number of hydrogen-bond acceptors (Lipinski definition) is 4. The number of amides is 3. The summed E-state index contributed by atoms with van der Waals surface area (Å²) in [6.07, 6.45) is 0. The molecule has 0 atom stereocenters. The van der Waals surface area contributed by atoms with Crippen molar-refractivity contribution in [1.29, 1.82) is 5.26 Å². The second-order valence-electron chi connectivity index (χ2n) is 10.4. The summed E-state index contributed by atoms with van der Waals surface area (Å²) in [5, 5.41) is 19.6. The summed E-state index contributed by atoms with van der Waals surface area (Å²) < 4.78 is 1.73. The van der Waals surface area contributed by atoms with E-state index >= 15 is 0 Å². The first-order chi connectivity index (χ1) is 17.0. The second-order valence-corrected chi connectivity index (χ2v) is 10.4. The number of hydrogen-bond donors (Lipinski definition) is 2. The molecule has 3 amide bonds. The second kappa shape index (κ2) is 11.1. The molecule has 0 aliphatic rings. The number of rotatable bonds is 7. The maximum absolute atomic E-state index is 13.2. The minimum absolute atomic E-state index is 0.133. The van der Waals surface area contributed by atoms with Gasteiger partial charge < -0.3 is 15.5 Å². The molecule has 0 unspecified atom stereocenters. The molecule has 3 rings (SSSR count). The Hall–Kier alpha value is -4.12. The van der Waals surface area contributed by atoms with Crippen molar-refractivity contribution in [1.82, 2.24) is 14.7 Å². The number of nitrogens with zero attached hydrogens (tertiary/aromatic N) is 4. The lowest BCUT2D eigenvalue weighted by atomic mass is 9.92. The highest BCUT2D eigenvalue weighted by Crippen LogP contribution is 2.26. The number of aromatic nitrogens is 2. The smallest absolute Gasteiger partial charge is 0.315 e. The fraction of sp³-hybridized carbons (Fsp3) is 0.357. The van der Waals surface area contributed by atoms with E-state index in [9.17, 15) is 9.59 Å². The van der Waals surface area contributed by atoms with Crippen molar-refractivity contribution in [2.75, 3.05) is 23.7 Å². The SMILES string of the molecule is Cc1cccc(-n2nc(C(C)(C)C)cc2NC(=O)CN(CC(C)C)C(=O)Nc2cccc(C#N)c2)c1. The van der Waals surface area contributed by atoms with E-state index in [0.717, 1.165) is 16.9 Å². The van der Waals surface area contributed by atoms with Gasteiger partial charge in [-0.15, -0.1) is 0 Å². The Morgan fingerprint density at radius 3 is 2.44 bits per heavy atom. The maximum atomic E-state index is 13.2. The van der Waals surface area contributed by atoms with Gasteiger partial charge >= 0.3 is 6.03 Å². The Kier molecular flexibility index (Phi) is 8.15. The van der Waals surface area contributed by atoms with Gasteiger partial charge in [0, 0.05) is 23.7 Å². The quantitative estimate of drug-likeness (QED) is 0.462. The van der Waals surface area contributed by atoms with Gasteiger partial charge in [-0.2, -0.15) is 10.4 Å². The number of carbonyl (C=O) groups excluding carboxylic acids is 2. The summed E-state index contributed by atoms with van der Waals surface area (Å²) in [5.74, 6) is 0.368. The predicted molar refractivity (Wildman–Crippen MR) is 142 cm³/mol. The highest BCUT2D eigenvalue weighted by Gasteiger charge is 2.23. The Morgan fingerprint density at radius 1 is 1.08 bits per heavy atom. The third-order valence-electron chi connectivity index (χ3n) is 5.44. The van der Waals surface area contributed by atoms with Gasteiger partial charge in [-0.25, -0.2) is 9.48 Å². The topological polar surface area (TPSA) is 103 Å². The molecule has 0 aliphatic carbocycles. The first-order valence-corrected chi connectivity index (χ1v) is 12.0. The number of carbonyl (C=O) groups is 2. The number of aryl methyl sites for hydroxylation is 1. The van der Waals surface area contributed by atoms with Crippen LogP contribution in [0, 0.1) is 24.2 Å². The van der Waals surface area contributed by atoms with E-state index in [1.807, 2.05) is 51.1 Å². The lowest BCUT2D eigenvalue weighted by Crippen LogP contribution is -2.42. The van der Waals surface area contributed by atoms with Crippen LogP contribution in [0.1, 0.15) is 51.4 Å². The van der Waals surface area contributed by atoms with Crippen molar-refractivity contribution in [2.45, 2.75) is 47.0 Å². The summed E-state index contributed by atoms with van der Waals surface area (Å²) in [4.78, 5) is 27.7. The molecule has 0 saturated heterocycles. The average Bonchev–Trinajstić information content (AvgIpc) is 3.22. The zero-order valence-electron chi connectivity index (χ0n) is 21.8. The van der Waals surface area contributed by atoms with Crippen LogP contribution in [0.5, 0.6) is 0 Å². The number of benzene rings is 2. The van der Waals surface area contributed by atoms with Crippen LogP contribution >= 0.6 is 0 Å². The molecule has 3 aromatic rings. The minimum Gasteiger partial charge on any atom is -0.315 e. The summed E-state index contributed by atoms with van der Waals surface area (Å²) in [5.41, 5.74) is 3.50. The molecule has 0 fully saturated rings. The van der Waals surface area contributed by atoms with E-state index in [2.05, 4.69) is 37.5 Å². The molecule has 0 spiro atoms. The number of nitrogens with one attached hydrogen (secondary N) is 2. The molecule has 2 aromatic carbocycles. The molecule has 0 aliphatic heterocycles. The van der Waals surface area contributed by atoms with Gasteiger partial charge in [0.05, 0.1) is 23.0 Å². The zero-order chi connectivity index (χ0) is 26.5. The molecule has 0 saturated carbocycles. The largest absolute Gasteiger partial charge is 0.322 e. The fourth-order valence-electron chi connectivity index (χ4n) is 3.68. The molecular weight excluding hydrogens is 452 g/mol. The summed E-state index contributed by atoms with van der Waals surface area (Å²) in [6.45, 7) is 12.4. The van der Waals surface area contributed by atoms with Crippen LogP contribution in [-0.4, -0.2) is 39.7 Å². The molecule has 188 valence electrons. The van der Waals surface area contributed by atoms with Gasteiger partial charge in [0.15, 0.2) is 0 Å². The van der Waals surface area contributed by atoms with E-state index in [1.165, 1.54) is 4.90 Å². The first kappa shape index (κ1) is 26.5. The molecule has 1 aromatic heterocycles. The normalized spacial score (nSPS) is 11.2. The van der Waals surface area contributed by atoms with Crippen LogP contribution in [0.4, 0.5) is 16.3 Å². The Morgan fingerprint density at radius 2 is 1.81 bits per heavy atom. The van der Waals surface area contributed by atoms with E-state index in [0.29, 0.717) is 23.6 Å². The van der Waals surface area contributed by atoms with Crippen molar-refractivity contribution in [2.24, 2.45) is 5.92 Å². The van der Waals surface area contributed by atoms with Crippen LogP contribution in [0.3, 0.4) is 0 Å². The van der Waals surface area contributed by atoms with E-state index < -0.39 is 6.03 Å². The van der Waals surface area contributed by atoms with E-state index in [-0.39, 0.29) is 23.8 Å². The number of urea groups is 1.